The van der Waals surface area contributed by atoms with E-state index in [1.165, 1.54) is 0 Å². The van der Waals surface area contributed by atoms with Crippen LogP contribution in [0.15, 0.2) is 11.6 Å². The van der Waals surface area contributed by atoms with Gasteiger partial charge in [-0.3, -0.25) is 9.59 Å². The third-order valence-electron chi connectivity index (χ3n) is 12.8. The maximum atomic E-state index is 14.2. The highest BCUT2D eigenvalue weighted by atomic mass is 16.4. The van der Waals surface area contributed by atoms with E-state index in [9.17, 15) is 24.9 Å². The molecule has 0 aromatic rings. The van der Waals surface area contributed by atoms with Crippen molar-refractivity contribution in [3.8, 4) is 0 Å². The largest absolute Gasteiger partial charge is 0.481 e. The average molecular weight is 487 g/mol. The number of ketones is 1. The summed E-state index contributed by atoms with van der Waals surface area (Å²) in [6, 6.07) is 0. The number of hydrogen-bond donors (Lipinski definition) is 3. The summed E-state index contributed by atoms with van der Waals surface area (Å²) in [5.74, 6) is -0.864. The fraction of sp³-hybridized carbons (Fsp3) is 0.867. The van der Waals surface area contributed by atoms with Gasteiger partial charge >= 0.3 is 5.97 Å². The number of hydrogen-bond acceptors (Lipinski definition) is 4. The van der Waals surface area contributed by atoms with Crippen molar-refractivity contribution in [2.45, 2.75) is 112 Å². The van der Waals surface area contributed by atoms with Crippen LogP contribution >= 0.6 is 0 Å². The smallest absolute Gasteiger partial charge is 0.309 e. The fourth-order valence-corrected chi connectivity index (χ4v) is 10.5. The number of carbonyl (C=O) groups is 2. The molecule has 0 bridgehead atoms. The summed E-state index contributed by atoms with van der Waals surface area (Å²) in [7, 11) is 0. The molecular formula is C30H46O5. The Balaban J connectivity index is 1.66. The van der Waals surface area contributed by atoms with E-state index in [4.69, 9.17) is 0 Å². The minimum absolute atomic E-state index is 0.0321. The first-order valence-corrected chi connectivity index (χ1v) is 13.8. The summed E-state index contributed by atoms with van der Waals surface area (Å²) in [4.78, 5) is 27.0. The maximum Gasteiger partial charge on any atom is 0.309 e. The molecule has 0 aromatic heterocycles. The van der Waals surface area contributed by atoms with Crippen LogP contribution in [0.3, 0.4) is 0 Å². The molecule has 0 aliphatic heterocycles. The zero-order valence-electron chi connectivity index (χ0n) is 22.8. The lowest BCUT2D eigenvalue weighted by molar-refractivity contribution is -0.201. The van der Waals surface area contributed by atoms with Crippen molar-refractivity contribution in [3.63, 3.8) is 0 Å². The monoisotopic (exact) mass is 486 g/mol. The van der Waals surface area contributed by atoms with Gasteiger partial charge in [0, 0.05) is 5.92 Å². The van der Waals surface area contributed by atoms with Crippen LogP contribution in [0.2, 0.25) is 0 Å². The summed E-state index contributed by atoms with van der Waals surface area (Å²) < 4.78 is 0. The minimum atomic E-state index is -0.819. The van der Waals surface area contributed by atoms with Crippen LogP contribution in [0.25, 0.3) is 0 Å². The third-order valence-corrected chi connectivity index (χ3v) is 12.8. The molecule has 5 aliphatic rings. The van der Waals surface area contributed by atoms with Crippen molar-refractivity contribution in [2.75, 3.05) is 0 Å². The number of rotatable bonds is 1. The van der Waals surface area contributed by atoms with Crippen LogP contribution in [-0.2, 0) is 9.59 Å². The third kappa shape index (κ3) is 3.00. The molecule has 0 heterocycles. The van der Waals surface area contributed by atoms with Gasteiger partial charge in [0.05, 0.1) is 17.6 Å². The highest BCUT2D eigenvalue weighted by Gasteiger charge is 2.71. The van der Waals surface area contributed by atoms with Crippen LogP contribution in [0.1, 0.15) is 99.8 Å². The number of fused-ring (bicyclic) bond motifs is 7. The van der Waals surface area contributed by atoms with Gasteiger partial charge < -0.3 is 15.3 Å². The molecule has 9 atom stereocenters. The Morgan fingerprint density at radius 3 is 2.17 bits per heavy atom. The van der Waals surface area contributed by atoms with Gasteiger partial charge in [-0.2, -0.15) is 0 Å². The zero-order chi connectivity index (χ0) is 26.0. The van der Waals surface area contributed by atoms with Gasteiger partial charge in [-0.15, -0.1) is 0 Å². The predicted molar refractivity (Wildman–Crippen MR) is 134 cm³/mol. The van der Waals surface area contributed by atoms with Crippen molar-refractivity contribution >= 4 is 11.8 Å². The second-order valence-electron chi connectivity index (χ2n) is 15.2. The first-order chi connectivity index (χ1) is 16.0. The van der Waals surface area contributed by atoms with Gasteiger partial charge in [0.1, 0.15) is 0 Å². The molecule has 4 saturated carbocycles. The van der Waals surface area contributed by atoms with E-state index in [0.29, 0.717) is 19.3 Å². The number of carboxylic acids is 1. The molecule has 0 saturated heterocycles. The molecule has 0 aromatic carbocycles. The zero-order valence-corrected chi connectivity index (χ0v) is 22.8. The molecular weight excluding hydrogens is 440 g/mol. The molecule has 4 fully saturated rings. The Morgan fingerprint density at radius 2 is 1.54 bits per heavy atom. The van der Waals surface area contributed by atoms with E-state index in [2.05, 4.69) is 48.5 Å². The fourth-order valence-electron chi connectivity index (χ4n) is 10.5. The Labute approximate surface area is 210 Å². The number of carboxylic acid groups (broad SMARTS) is 1. The molecule has 5 heteroatoms. The summed E-state index contributed by atoms with van der Waals surface area (Å²) in [6.07, 6.45) is 6.36. The van der Waals surface area contributed by atoms with Crippen molar-refractivity contribution in [1.29, 1.82) is 0 Å². The number of aliphatic hydroxyl groups is 2. The van der Waals surface area contributed by atoms with Crippen molar-refractivity contribution in [3.05, 3.63) is 11.6 Å². The Kier molecular flexibility index (Phi) is 5.25. The number of aliphatic carboxylic acids is 1. The summed E-state index contributed by atoms with van der Waals surface area (Å²) in [5.41, 5.74) is -0.983. The molecule has 3 N–H and O–H groups in total. The Morgan fingerprint density at radius 1 is 0.914 bits per heavy atom. The lowest BCUT2D eigenvalue weighted by Gasteiger charge is -2.70. The van der Waals surface area contributed by atoms with E-state index in [1.807, 2.05) is 6.08 Å². The number of carbonyl (C=O) groups excluding carboxylic acids is 1. The molecule has 3 unspecified atom stereocenters. The highest BCUT2D eigenvalue weighted by molar-refractivity contribution is 5.96. The molecule has 0 spiro atoms. The lowest BCUT2D eigenvalue weighted by Crippen LogP contribution is -2.67. The molecule has 0 amide bonds. The standard InChI is InChI=1S/C30H46O5/c1-25(2)10-12-30(24(34)35)13-11-29(7)22(17(30)15-25)18(31)14-21-27(5)16-19(32)23(33)26(3,4)20(27)8-9-28(21,29)6/h14,17,19-20,22-23,32-33H,8-13,15-16H2,1-7H3,(H,34,35)/t17?,19-,20?,22?,23+,27+,28-,29-,30+/m1/s1. The molecule has 5 rings (SSSR count). The van der Waals surface area contributed by atoms with Crippen LogP contribution in [0, 0.1) is 50.2 Å². The topological polar surface area (TPSA) is 94.8 Å². The molecule has 5 nitrogen and oxygen atoms in total. The normalized spacial score (nSPS) is 52.3. The number of aliphatic hydroxyl groups excluding tert-OH is 2. The van der Waals surface area contributed by atoms with Gasteiger partial charge in [-0.1, -0.05) is 54.0 Å². The summed E-state index contributed by atoms with van der Waals surface area (Å²) >= 11 is 0. The first kappa shape index (κ1) is 25.4. The van der Waals surface area contributed by atoms with Crippen LogP contribution in [0.5, 0.6) is 0 Å². The Hall–Kier alpha value is -1.20. The van der Waals surface area contributed by atoms with Crippen LogP contribution < -0.4 is 0 Å². The van der Waals surface area contributed by atoms with Crippen molar-refractivity contribution < 1.29 is 24.9 Å². The number of allylic oxidation sites excluding steroid dienone is 2. The quantitative estimate of drug-likeness (QED) is 0.462. The van der Waals surface area contributed by atoms with Crippen LogP contribution in [-0.4, -0.2) is 39.3 Å². The lowest BCUT2D eigenvalue weighted by atomic mass is 9.33. The van der Waals surface area contributed by atoms with Gasteiger partial charge in [-0.25, -0.2) is 0 Å². The van der Waals surface area contributed by atoms with Gasteiger partial charge in [0.15, 0.2) is 5.78 Å². The van der Waals surface area contributed by atoms with E-state index in [-0.39, 0.29) is 45.2 Å². The first-order valence-electron chi connectivity index (χ1n) is 13.8. The predicted octanol–water partition coefficient (Wildman–Crippen LogP) is 5.38. The maximum absolute atomic E-state index is 14.2. The minimum Gasteiger partial charge on any atom is -0.481 e. The highest BCUT2D eigenvalue weighted by Crippen LogP contribution is 2.75. The van der Waals surface area contributed by atoms with Gasteiger partial charge in [-0.05, 0) is 96.4 Å². The second kappa shape index (κ2) is 7.22. The van der Waals surface area contributed by atoms with Crippen LogP contribution in [0.4, 0.5) is 0 Å². The van der Waals surface area contributed by atoms with E-state index in [0.717, 1.165) is 37.7 Å². The molecule has 196 valence electrons. The SMILES string of the molecule is CC1(C)CC[C@]2(C(=O)O)CC[C@]3(C)C(C(=O)C=C4[C@@]5(C)C[C@@H](O)[C@H](O)C(C)(C)C5CC[C@]43C)C2C1. The summed E-state index contributed by atoms with van der Waals surface area (Å²) in [6.45, 7) is 15.4. The van der Waals surface area contributed by atoms with E-state index >= 15 is 0 Å². The molecule has 0 radical (unpaired) electrons. The van der Waals surface area contributed by atoms with E-state index in [1.54, 1.807) is 0 Å². The average Bonchev–Trinajstić information content (AvgIpc) is 2.73. The van der Waals surface area contributed by atoms with Gasteiger partial charge in [0.2, 0.25) is 0 Å². The van der Waals surface area contributed by atoms with E-state index < -0.39 is 29.0 Å². The molecule has 5 aliphatic carbocycles. The Bertz CT molecular complexity index is 995. The summed E-state index contributed by atoms with van der Waals surface area (Å²) in [5, 5.41) is 32.3. The van der Waals surface area contributed by atoms with Crippen molar-refractivity contribution in [1.82, 2.24) is 0 Å². The second-order valence-corrected chi connectivity index (χ2v) is 15.2. The van der Waals surface area contributed by atoms with Gasteiger partial charge in [0.25, 0.3) is 0 Å². The van der Waals surface area contributed by atoms with Crippen molar-refractivity contribution in [2.24, 2.45) is 50.2 Å². The molecule has 35 heavy (non-hydrogen) atoms.